The van der Waals surface area contributed by atoms with Gasteiger partial charge in [0.2, 0.25) is 0 Å². The minimum Gasteiger partial charge on any atom is -0.338 e. The van der Waals surface area contributed by atoms with E-state index in [1.165, 1.54) is 17.1 Å². The lowest BCUT2D eigenvalue weighted by Crippen LogP contribution is -2.79. The highest BCUT2D eigenvalue weighted by Gasteiger charge is 2.42. The summed E-state index contributed by atoms with van der Waals surface area (Å²) in [6, 6.07) is 32.5. The number of piperazine rings is 3. The van der Waals surface area contributed by atoms with Crippen LogP contribution in [0, 0.1) is 0 Å². The molecule has 4 saturated heterocycles. The van der Waals surface area contributed by atoms with E-state index in [9.17, 15) is 0 Å². The topological polar surface area (TPSA) is 81.9 Å². The number of benzene rings is 3. The molecule has 9 heteroatoms. The summed E-state index contributed by atoms with van der Waals surface area (Å²) in [6.45, 7) is 5.16. The number of hydrogen-bond acceptors (Lipinski definition) is 9. The van der Waals surface area contributed by atoms with E-state index in [2.05, 4.69) is 138 Å². The van der Waals surface area contributed by atoms with Crippen molar-refractivity contribution >= 4 is 17.1 Å². The summed E-state index contributed by atoms with van der Waals surface area (Å²) in [5, 5.41) is 23.5. The van der Waals surface area contributed by atoms with Crippen molar-refractivity contribution in [1.82, 2.24) is 31.9 Å². The molecule has 3 aromatic carbocycles. The molecule has 3 aromatic rings. The highest BCUT2D eigenvalue weighted by molar-refractivity contribution is 5.53. The largest absolute Gasteiger partial charge is 0.338 e. The number of anilines is 3. The Bertz CT molecular complexity index is 1020. The molecule has 0 aromatic heterocycles. The molecule has 6 unspecified atom stereocenters. The first kappa shape index (κ1) is 24.8. The third kappa shape index (κ3) is 4.98. The third-order valence-corrected chi connectivity index (χ3v) is 8.36. The lowest BCUT2D eigenvalue weighted by molar-refractivity contribution is 0.204. The molecular formula is C30H39N9. The molecule has 0 saturated carbocycles. The summed E-state index contributed by atoms with van der Waals surface area (Å²) in [5.41, 5.74) is 3.64. The first-order valence-electron chi connectivity index (χ1n) is 14.3. The van der Waals surface area contributed by atoms with Gasteiger partial charge in [-0.1, -0.05) is 54.6 Å². The molecule has 0 aliphatic carbocycles. The zero-order chi connectivity index (χ0) is 26.0. The van der Waals surface area contributed by atoms with Gasteiger partial charge in [0.15, 0.2) is 0 Å². The Morgan fingerprint density at radius 3 is 0.821 bits per heavy atom. The Hall–Kier alpha value is -3.18. The van der Waals surface area contributed by atoms with Gasteiger partial charge in [0, 0.05) is 56.3 Å². The zero-order valence-electron chi connectivity index (χ0n) is 22.2. The molecule has 6 atom stereocenters. The second-order valence-electron chi connectivity index (χ2n) is 10.8. The molecule has 39 heavy (non-hydrogen) atoms. The van der Waals surface area contributed by atoms with Crippen LogP contribution in [-0.4, -0.2) is 76.3 Å². The van der Waals surface area contributed by atoms with Crippen LogP contribution in [0.15, 0.2) is 91.0 Å². The zero-order valence-corrected chi connectivity index (χ0v) is 22.2. The molecule has 6 bridgehead atoms. The molecule has 6 N–H and O–H groups in total. The van der Waals surface area contributed by atoms with E-state index < -0.39 is 0 Å². The third-order valence-electron chi connectivity index (χ3n) is 8.36. The van der Waals surface area contributed by atoms with Gasteiger partial charge in [0.25, 0.3) is 0 Å². The summed E-state index contributed by atoms with van der Waals surface area (Å²) in [5.74, 6) is 0. The molecule has 204 valence electrons. The number of hydrogen-bond donors (Lipinski definition) is 6. The van der Waals surface area contributed by atoms with E-state index in [0.717, 1.165) is 39.3 Å². The molecule has 4 aliphatic heterocycles. The quantitative estimate of drug-likeness (QED) is 0.301. The predicted molar refractivity (Wildman–Crippen MR) is 158 cm³/mol. The van der Waals surface area contributed by atoms with Gasteiger partial charge in [0.1, 0.15) is 0 Å². The summed E-state index contributed by atoms with van der Waals surface area (Å²) >= 11 is 0. The number of rotatable bonds is 3. The van der Waals surface area contributed by atoms with Crippen molar-refractivity contribution < 1.29 is 0 Å². The maximum absolute atomic E-state index is 4.06. The second kappa shape index (κ2) is 11.1. The molecule has 0 spiro atoms. The Kier molecular flexibility index (Phi) is 7.09. The van der Waals surface area contributed by atoms with Gasteiger partial charge in [-0.15, -0.1) is 0 Å². The minimum atomic E-state index is 0.104. The Labute approximate surface area is 230 Å². The Morgan fingerprint density at radius 1 is 0.359 bits per heavy atom. The SMILES string of the molecule is c1ccc(N2C3CNCC(N3)N(c3ccccc3)C3CNCC(N3)N(c3ccccc3)C3CNCC2N3)cc1. The maximum Gasteiger partial charge on any atom is 0.0954 e. The first-order chi connectivity index (χ1) is 19.3. The normalized spacial score (nSPS) is 31.2. The molecule has 4 heterocycles. The van der Waals surface area contributed by atoms with E-state index in [0.29, 0.717) is 0 Å². The summed E-state index contributed by atoms with van der Waals surface area (Å²) in [7, 11) is 0. The summed E-state index contributed by atoms with van der Waals surface area (Å²) < 4.78 is 0. The smallest absolute Gasteiger partial charge is 0.0954 e. The van der Waals surface area contributed by atoms with Gasteiger partial charge < -0.3 is 30.7 Å². The van der Waals surface area contributed by atoms with Crippen molar-refractivity contribution in [2.75, 3.05) is 54.0 Å². The van der Waals surface area contributed by atoms with Crippen molar-refractivity contribution in [2.24, 2.45) is 0 Å². The lowest BCUT2D eigenvalue weighted by Gasteiger charge is -2.55. The average Bonchev–Trinajstić information content (AvgIpc) is 3.00. The fraction of sp³-hybridized carbons (Fsp3) is 0.400. The molecular weight excluding hydrogens is 486 g/mol. The molecule has 7 rings (SSSR count). The number of nitrogens with one attached hydrogen (secondary N) is 6. The van der Waals surface area contributed by atoms with Gasteiger partial charge in [-0.2, -0.15) is 0 Å². The van der Waals surface area contributed by atoms with Crippen molar-refractivity contribution in [3.63, 3.8) is 0 Å². The number of fused-ring (bicyclic) bond motifs is 6. The van der Waals surface area contributed by atoms with Crippen molar-refractivity contribution in [3.05, 3.63) is 91.0 Å². The van der Waals surface area contributed by atoms with Crippen LogP contribution < -0.4 is 46.6 Å². The van der Waals surface area contributed by atoms with Crippen molar-refractivity contribution in [1.29, 1.82) is 0 Å². The standard InChI is InChI=1S/C30H39N9/c1-4-10-22(11-5-1)37-25-16-31-18-27(34-25)38(23-12-6-2-7-13-23)29-20-33-21-30(36-29)39(24-14-8-3-9-15-24)28-19-32-17-26(37)35-28/h1-15,25-36H,16-21H2. The van der Waals surface area contributed by atoms with Crippen LogP contribution in [0.3, 0.4) is 0 Å². The van der Waals surface area contributed by atoms with E-state index in [1.807, 2.05) is 0 Å². The number of para-hydroxylation sites is 3. The monoisotopic (exact) mass is 525 g/mol. The average molecular weight is 526 g/mol. The van der Waals surface area contributed by atoms with Gasteiger partial charge in [0.05, 0.1) is 37.0 Å². The molecule has 4 fully saturated rings. The van der Waals surface area contributed by atoms with E-state index in [-0.39, 0.29) is 37.0 Å². The number of nitrogens with zero attached hydrogens (tertiary/aromatic N) is 3. The maximum atomic E-state index is 4.06. The fourth-order valence-corrected chi connectivity index (χ4v) is 6.69. The van der Waals surface area contributed by atoms with E-state index in [4.69, 9.17) is 0 Å². The molecule has 0 radical (unpaired) electrons. The highest BCUT2D eigenvalue weighted by atomic mass is 15.5. The van der Waals surface area contributed by atoms with Crippen LogP contribution in [0.1, 0.15) is 0 Å². The molecule has 0 amide bonds. The summed E-state index contributed by atoms with van der Waals surface area (Å²) in [4.78, 5) is 7.61. The van der Waals surface area contributed by atoms with Gasteiger partial charge >= 0.3 is 0 Å². The highest BCUT2D eigenvalue weighted by Crippen LogP contribution is 2.27. The van der Waals surface area contributed by atoms with Crippen LogP contribution in [0.25, 0.3) is 0 Å². The van der Waals surface area contributed by atoms with Crippen molar-refractivity contribution in [2.45, 2.75) is 37.0 Å². The van der Waals surface area contributed by atoms with Crippen molar-refractivity contribution in [3.8, 4) is 0 Å². The second-order valence-corrected chi connectivity index (χ2v) is 10.8. The first-order valence-corrected chi connectivity index (χ1v) is 14.3. The fourth-order valence-electron chi connectivity index (χ4n) is 6.69. The molecule has 4 aliphatic rings. The lowest BCUT2D eigenvalue weighted by atomic mass is 10.1. The van der Waals surface area contributed by atoms with Gasteiger partial charge in [-0.05, 0) is 36.4 Å². The summed E-state index contributed by atoms with van der Waals surface area (Å²) in [6.07, 6.45) is 0.624. The Balaban J connectivity index is 1.35. The van der Waals surface area contributed by atoms with Gasteiger partial charge in [-0.3, -0.25) is 16.0 Å². The minimum absolute atomic E-state index is 0.104. The van der Waals surface area contributed by atoms with Crippen LogP contribution in [0.4, 0.5) is 17.1 Å². The Morgan fingerprint density at radius 2 is 0.590 bits per heavy atom. The van der Waals surface area contributed by atoms with Crippen LogP contribution in [0.2, 0.25) is 0 Å². The van der Waals surface area contributed by atoms with E-state index in [1.54, 1.807) is 0 Å². The molecule has 9 nitrogen and oxygen atoms in total. The predicted octanol–water partition coefficient (Wildman–Crippen LogP) is 1.05. The van der Waals surface area contributed by atoms with Crippen LogP contribution >= 0.6 is 0 Å². The van der Waals surface area contributed by atoms with Gasteiger partial charge in [-0.25, -0.2) is 0 Å². The van der Waals surface area contributed by atoms with Crippen LogP contribution in [0.5, 0.6) is 0 Å². The van der Waals surface area contributed by atoms with Crippen LogP contribution in [-0.2, 0) is 0 Å². The van der Waals surface area contributed by atoms with E-state index >= 15 is 0 Å².